The second-order valence-corrected chi connectivity index (χ2v) is 32.9. The lowest BCUT2D eigenvalue weighted by molar-refractivity contribution is 0.153. The van der Waals surface area contributed by atoms with Crippen LogP contribution in [-0.4, -0.2) is 0 Å². The smallest absolute Gasteiger partial charge is 0.0270 e. The number of fused-ring (bicyclic) bond motifs is 6. The largest absolute Gasteiger partial charge is 0.0885 e. The predicted molar refractivity (Wildman–Crippen MR) is 367 cm³/mol. The Morgan fingerprint density at radius 2 is 0.581 bits per heavy atom. The van der Waals surface area contributed by atoms with E-state index in [2.05, 4.69) is 289 Å². The number of hydrogen-bond donors (Lipinski definition) is 0. The molecule has 12 atom stereocenters. The van der Waals surface area contributed by atoms with Gasteiger partial charge in [-0.3, -0.25) is 0 Å². The fourth-order valence-electron chi connectivity index (χ4n) is 19.7. The van der Waals surface area contributed by atoms with Crippen LogP contribution in [0.3, 0.4) is 0 Å². The average Bonchev–Trinajstić information content (AvgIpc) is 1.50. The molecule has 0 N–H and O–H groups in total. The first-order chi connectivity index (χ1) is 41.2. The molecule has 0 saturated heterocycles. The van der Waals surface area contributed by atoms with Crippen LogP contribution in [0.5, 0.6) is 0 Å². The van der Waals surface area contributed by atoms with E-state index in [4.69, 9.17) is 0 Å². The lowest BCUT2D eigenvalue weighted by atomic mass is 9.52. The summed E-state index contributed by atoms with van der Waals surface area (Å²) in [6.45, 7) is 29.1. The molecular formula is C86H108. The molecule has 12 unspecified atom stereocenters. The maximum Gasteiger partial charge on any atom is 0.0270 e. The summed E-state index contributed by atoms with van der Waals surface area (Å²) in [5.74, 6) is 7.41. The molecule has 0 radical (unpaired) electrons. The quantitative estimate of drug-likeness (QED) is 0.0775. The molecule has 12 rings (SSSR count). The molecule has 8 aliphatic rings. The number of allylic oxidation sites excluding steroid dienone is 18. The minimum Gasteiger partial charge on any atom is -0.0885 e. The van der Waals surface area contributed by atoms with Crippen molar-refractivity contribution in [1.29, 1.82) is 0 Å². The third-order valence-corrected chi connectivity index (χ3v) is 23.8. The lowest BCUT2D eigenvalue weighted by Crippen LogP contribution is -2.47. The van der Waals surface area contributed by atoms with E-state index in [9.17, 15) is 0 Å². The van der Waals surface area contributed by atoms with Crippen LogP contribution in [0.25, 0.3) is 0 Å². The highest BCUT2D eigenvalue weighted by molar-refractivity contribution is 5.51. The van der Waals surface area contributed by atoms with Crippen molar-refractivity contribution in [1.82, 2.24) is 0 Å². The van der Waals surface area contributed by atoms with E-state index in [1.807, 2.05) is 0 Å². The normalized spacial score (nSPS) is 30.8. The van der Waals surface area contributed by atoms with Crippen LogP contribution in [-0.2, 0) is 10.8 Å². The van der Waals surface area contributed by atoms with Gasteiger partial charge in [0.25, 0.3) is 0 Å². The molecule has 4 saturated carbocycles. The van der Waals surface area contributed by atoms with Crippen LogP contribution >= 0.6 is 0 Å². The summed E-state index contributed by atoms with van der Waals surface area (Å²) >= 11 is 0. The number of unbranched alkanes of at least 4 members (excludes halogenated alkanes) is 2. The third-order valence-electron chi connectivity index (χ3n) is 23.8. The molecular weight excluding hydrogens is 1030 g/mol. The molecule has 0 heterocycles. The number of hydrogen-bond acceptors (Lipinski definition) is 0. The van der Waals surface area contributed by atoms with E-state index in [1.54, 1.807) is 22.3 Å². The zero-order valence-electron chi connectivity index (χ0n) is 55.2. The second kappa shape index (κ2) is 24.1. The minimum atomic E-state index is -0.109. The minimum absolute atomic E-state index is 0.102. The molecule has 0 spiro atoms. The molecule has 0 aliphatic heterocycles. The fraction of sp³-hybridized carbons (Fsp3) is 0.512. The molecule has 0 bridgehead atoms. The Labute approximate surface area is 523 Å². The van der Waals surface area contributed by atoms with E-state index < -0.39 is 0 Å². The van der Waals surface area contributed by atoms with Crippen molar-refractivity contribution in [2.45, 2.75) is 171 Å². The Kier molecular flexibility index (Phi) is 17.1. The summed E-state index contributed by atoms with van der Waals surface area (Å²) in [5, 5.41) is 0. The average molecular weight is 1140 g/mol. The van der Waals surface area contributed by atoms with E-state index in [0.717, 1.165) is 11.8 Å². The van der Waals surface area contributed by atoms with Crippen molar-refractivity contribution in [3.05, 3.63) is 251 Å². The van der Waals surface area contributed by atoms with Gasteiger partial charge in [-0.2, -0.15) is 0 Å². The van der Waals surface area contributed by atoms with Gasteiger partial charge in [0.1, 0.15) is 0 Å². The zero-order chi connectivity index (χ0) is 60.2. The second-order valence-electron chi connectivity index (χ2n) is 32.9. The lowest BCUT2D eigenvalue weighted by Gasteiger charge is -2.50. The summed E-state index contributed by atoms with van der Waals surface area (Å²) in [4.78, 5) is 0. The Morgan fingerprint density at radius 3 is 0.826 bits per heavy atom. The van der Waals surface area contributed by atoms with E-state index in [0.29, 0.717) is 71.0 Å². The molecule has 0 nitrogen and oxygen atoms in total. The first kappa shape index (κ1) is 60.8. The molecule has 4 fully saturated rings. The Bertz CT molecular complexity index is 2860. The monoisotopic (exact) mass is 1140 g/mol. The predicted octanol–water partition coefficient (Wildman–Crippen LogP) is 23.0. The van der Waals surface area contributed by atoms with Crippen LogP contribution in [0, 0.1) is 105 Å². The SMILES string of the molecule is CC(C)(C)C1=CC2C(C=C1)C1C=CC(C(C)(C)C)=CC1C2C(c1ccccc1)(c1ccccc1)C1CCC(CCC/C=C/CCCC2CCC(C(c3ccccc3)(c3ccccc3)C3C4C=C(C(C)(C)C)C=CC4C4C=CC(C(C)(C)C)=CC43)C2)C1. The van der Waals surface area contributed by atoms with E-state index in [-0.39, 0.29) is 32.5 Å². The highest BCUT2D eigenvalue weighted by atomic mass is 14.7. The van der Waals surface area contributed by atoms with Gasteiger partial charge in [-0.25, -0.2) is 0 Å². The van der Waals surface area contributed by atoms with Gasteiger partial charge in [-0.1, -0.05) is 315 Å². The van der Waals surface area contributed by atoms with Crippen molar-refractivity contribution in [3.63, 3.8) is 0 Å². The van der Waals surface area contributed by atoms with Gasteiger partial charge in [0.15, 0.2) is 0 Å². The Hall–Kier alpha value is -5.46. The summed E-state index contributed by atoms with van der Waals surface area (Å²) in [5.41, 5.74) is 12.4. The summed E-state index contributed by atoms with van der Waals surface area (Å²) < 4.78 is 0. The highest BCUT2D eigenvalue weighted by Gasteiger charge is 2.63. The molecule has 4 aromatic rings. The first-order valence-corrected chi connectivity index (χ1v) is 34.7. The fourth-order valence-corrected chi connectivity index (χ4v) is 19.7. The summed E-state index contributed by atoms with van der Waals surface area (Å²) in [6.07, 6.45) is 52.6. The maximum absolute atomic E-state index is 2.79. The third kappa shape index (κ3) is 11.4. The number of rotatable bonds is 16. The van der Waals surface area contributed by atoms with Crippen molar-refractivity contribution < 1.29 is 0 Å². The van der Waals surface area contributed by atoms with Crippen molar-refractivity contribution in [2.75, 3.05) is 0 Å². The molecule has 0 aromatic heterocycles. The molecule has 4 aromatic carbocycles. The van der Waals surface area contributed by atoms with Crippen LogP contribution in [0.2, 0.25) is 0 Å². The van der Waals surface area contributed by atoms with Crippen LogP contribution < -0.4 is 0 Å². The van der Waals surface area contributed by atoms with Gasteiger partial charge in [0.2, 0.25) is 0 Å². The van der Waals surface area contributed by atoms with Crippen LogP contribution in [0.15, 0.2) is 229 Å². The molecule has 0 heteroatoms. The van der Waals surface area contributed by atoms with E-state index >= 15 is 0 Å². The van der Waals surface area contributed by atoms with Crippen LogP contribution in [0.4, 0.5) is 0 Å². The molecule has 452 valence electrons. The standard InChI is InChI=1S/C86H108/c1-81(2,3)65-45-49-71-72-50-46-66(82(4,5)6)56-76(72)79(75(71)55-65)85(61-33-23-17-24-34-61,62-35-25-18-26-36-62)69-43-41-59(53-69)31-21-15-13-14-16-22-32-60-42-44-70(54-60)86(63-37-27-19-28-38-63,64-39-29-20-30-40-64)80-77-57-67(83(7,8)9)47-51-73(77)74-52-48-68(58-78(74)80)84(10,11)12/h13-14,17-20,23-30,33-40,45-52,55-60,69-80H,15-16,21-22,31-32,41-44,53-54H2,1-12H3/b14-13+. The Morgan fingerprint density at radius 1 is 0.326 bits per heavy atom. The summed E-state index contributed by atoms with van der Waals surface area (Å²) in [7, 11) is 0. The molecule has 0 amide bonds. The summed E-state index contributed by atoms with van der Waals surface area (Å²) in [6, 6.07) is 48.0. The van der Waals surface area contributed by atoms with Crippen LogP contribution in [0.1, 0.15) is 182 Å². The van der Waals surface area contributed by atoms with Crippen molar-refractivity contribution >= 4 is 0 Å². The van der Waals surface area contributed by atoms with Gasteiger partial charge in [0.05, 0.1) is 0 Å². The van der Waals surface area contributed by atoms with Gasteiger partial charge >= 0.3 is 0 Å². The molecule has 86 heavy (non-hydrogen) atoms. The van der Waals surface area contributed by atoms with Crippen molar-refractivity contribution in [2.24, 2.45) is 105 Å². The van der Waals surface area contributed by atoms with Gasteiger partial charge in [0, 0.05) is 10.8 Å². The van der Waals surface area contributed by atoms with Gasteiger partial charge < -0.3 is 0 Å². The van der Waals surface area contributed by atoms with Crippen molar-refractivity contribution in [3.8, 4) is 0 Å². The van der Waals surface area contributed by atoms with E-state index in [1.165, 1.54) is 99.3 Å². The molecule has 8 aliphatic carbocycles. The highest BCUT2D eigenvalue weighted by Crippen LogP contribution is 2.68. The van der Waals surface area contributed by atoms with Gasteiger partial charge in [-0.05, 0) is 200 Å². The zero-order valence-corrected chi connectivity index (χ0v) is 55.2. The first-order valence-electron chi connectivity index (χ1n) is 34.7. The Balaban J connectivity index is 0.750. The number of benzene rings is 4. The maximum atomic E-state index is 2.79. The van der Waals surface area contributed by atoms with Gasteiger partial charge in [-0.15, -0.1) is 0 Å². The topological polar surface area (TPSA) is 0 Å².